The molecule has 4 heteroatoms. The number of para-hydroxylation sites is 1. The van der Waals surface area contributed by atoms with Crippen molar-refractivity contribution in [3.05, 3.63) is 42.1 Å². The lowest BCUT2D eigenvalue weighted by atomic mass is 9.94. The number of benzene rings is 1. The number of rotatable bonds is 2. The Balaban J connectivity index is 1.85. The highest BCUT2D eigenvalue weighted by atomic mass is 35.5. The zero-order valence-corrected chi connectivity index (χ0v) is 11.9. The Morgan fingerprint density at radius 3 is 2.85 bits per heavy atom. The van der Waals surface area contributed by atoms with E-state index >= 15 is 0 Å². The summed E-state index contributed by atoms with van der Waals surface area (Å²) in [4.78, 5) is 16.8. The van der Waals surface area contributed by atoms with Gasteiger partial charge in [-0.2, -0.15) is 0 Å². The Kier molecular flexibility index (Phi) is 3.88. The number of carbonyl (C=O) groups excluding carboxylic acids is 1. The third-order valence-electron chi connectivity index (χ3n) is 3.89. The number of fused-ring (bicyclic) bond motifs is 1. The van der Waals surface area contributed by atoms with E-state index in [9.17, 15) is 4.79 Å². The van der Waals surface area contributed by atoms with Crippen LogP contribution in [-0.2, 0) is 0 Å². The lowest BCUT2D eigenvalue weighted by Crippen LogP contribution is -2.42. The van der Waals surface area contributed by atoms with Crippen LogP contribution in [0.4, 0.5) is 0 Å². The average Bonchev–Trinajstić information content (AvgIpc) is 2.49. The molecule has 0 spiro atoms. The van der Waals surface area contributed by atoms with Crippen LogP contribution >= 0.6 is 11.6 Å². The molecule has 0 aliphatic heterocycles. The maximum atomic E-state index is 12.5. The summed E-state index contributed by atoms with van der Waals surface area (Å²) < 4.78 is 0. The molecule has 0 saturated heterocycles. The lowest BCUT2D eigenvalue weighted by Gasteiger charge is -2.28. The van der Waals surface area contributed by atoms with E-state index in [-0.39, 0.29) is 17.3 Å². The Morgan fingerprint density at radius 1 is 1.20 bits per heavy atom. The van der Waals surface area contributed by atoms with Crippen LogP contribution in [0.2, 0.25) is 0 Å². The second-order valence-electron chi connectivity index (χ2n) is 5.26. The molecule has 0 bridgehead atoms. The van der Waals surface area contributed by atoms with Crippen LogP contribution in [0.25, 0.3) is 10.9 Å². The second-order valence-corrected chi connectivity index (χ2v) is 5.82. The molecule has 1 aliphatic rings. The van der Waals surface area contributed by atoms with E-state index in [4.69, 9.17) is 11.6 Å². The number of pyridine rings is 1. The first kappa shape index (κ1) is 13.4. The van der Waals surface area contributed by atoms with Crippen molar-refractivity contribution in [2.45, 2.75) is 37.1 Å². The van der Waals surface area contributed by atoms with Crippen molar-refractivity contribution in [3.63, 3.8) is 0 Å². The van der Waals surface area contributed by atoms with Gasteiger partial charge < -0.3 is 5.32 Å². The minimum absolute atomic E-state index is 0.0424. The van der Waals surface area contributed by atoms with Crippen molar-refractivity contribution >= 4 is 28.4 Å². The van der Waals surface area contributed by atoms with Gasteiger partial charge >= 0.3 is 0 Å². The molecule has 1 heterocycles. The van der Waals surface area contributed by atoms with E-state index in [1.54, 1.807) is 12.3 Å². The Labute approximate surface area is 123 Å². The van der Waals surface area contributed by atoms with Gasteiger partial charge in [0, 0.05) is 17.6 Å². The van der Waals surface area contributed by atoms with Gasteiger partial charge in [0.15, 0.2) is 0 Å². The maximum absolute atomic E-state index is 12.5. The number of nitrogens with one attached hydrogen (secondary N) is 1. The van der Waals surface area contributed by atoms with E-state index in [1.165, 1.54) is 0 Å². The van der Waals surface area contributed by atoms with Gasteiger partial charge in [-0.25, -0.2) is 0 Å². The number of hydrogen-bond acceptors (Lipinski definition) is 2. The number of aromatic nitrogens is 1. The maximum Gasteiger partial charge on any atom is 0.252 e. The molecule has 0 radical (unpaired) electrons. The Hall–Kier alpha value is -1.61. The molecule has 2 atom stereocenters. The monoisotopic (exact) mass is 288 g/mol. The number of amides is 1. The quantitative estimate of drug-likeness (QED) is 0.859. The van der Waals surface area contributed by atoms with Gasteiger partial charge in [0.05, 0.1) is 16.5 Å². The molecule has 1 saturated carbocycles. The minimum atomic E-state index is -0.0545. The van der Waals surface area contributed by atoms with Gasteiger partial charge in [0.2, 0.25) is 0 Å². The molecular formula is C16H17ClN2O. The van der Waals surface area contributed by atoms with Gasteiger partial charge in [-0.1, -0.05) is 31.0 Å². The smallest absolute Gasteiger partial charge is 0.252 e. The summed E-state index contributed by atoms with van der Waals surface area (Å²) in [7, 11) is 0. The van der Waals surface area contributed by atoms with Gasteiger partial charge in [0.1, 0.15) is 0 Å². The van der Waals surface area contributed by atoms with E-state index in [1.807, 2.05) is 24.3 Å². The summed E-state index contributed by atoms with van der Waals surface area (Å²) in [5.41, 5.74) is 1.51. The topological polar surface area (TPSA) is 42.0 Å². The first-order chi connectivity index (χ1) is 9.75. The number of halogens is 1. The minimum Gasteiger partial charge on any atom is -0.348 e. The molecule has 2 aromatic rings. The van der Waals surface area contributed by atoms with Crippen LogP contribution < -0.4 is 5.32 Å². The molecule has 1 fully saturated rings. The third kappa shape index (κ3) is 2.63. The lowest BCUT2D eigenvalue weighted by molar-refractivity contribution is 0.0930. The zero-order valence-electron chi connectivity index (χ0n) is 11.2. The molecule has 20 heavy (non-hydrogen) atoms. The normalized spacial score (nSPS) is 22.6. The summed E-state index contributed by atoms with van der Waals surface area (Å²) in [6.07, 6.45) is 5.90. The zero-order chi connectivity index (χ0) is 13.9. The fraction of sp³-hybridized carbons (Fsp3) is 0.375. The molecule has 1 aliphatic carbocycles. The molecule has 1 amide bonds. The molecule has 1 N–H and O–H groups in total. The van der Waals surface area contributed by atoms with Crippen LogP contribution in [-0.4, -0.2) is 22.3 Å². The largest absolute Gasteiger partial charge is 0.348 e. The number of carbonyl (C=O) groups is 1. The van der Waals surface area contributed by atoms with Crippen molar-refractivity contribution in [2.75, 3.05) is 0 Å². The summed E-state index contributed by atoms with van der Waals surface area (Å²) in [5.74, 6) is -0.0545. The predicted molar refractivity (Wildman–Crippen MR) is 81.1 cm³/mol. The van der Waals surface area contributed by atoms with Crippen LogP contribution in [0.3, 0.4) is 0 Å². The highest BCUT2D eigenvalue weighted by molar-refractivity contribution is 6.21. The van der Waals surface area contributed by atoms with E-state index in [2.05, 4.69) is 10.3 Å². The van der Waals surface area contributed by atoms with E-state index in [0.717, 1.165) is 36.6 Å². The van der Waals surface area contributed by atoms with Gasteiger partial charge in [-0.3, -0.25) is 9.78 Å². The van der Waals surface area contributed by atoms with Crippen molar-refractivity contribution in [2.24, 2.45) is 0 Å². The van der Waals surface area contributed by atoms with E-state index in [0.29, 0.717) is 5.56 Å². The fourth-order valence-electron chi connectivity index (χ4n) is 2.79. The summed E-state index contributed by atoms with van der Waals surface area (Å²) in [5, 5.41) is 4.00. The predicted octanol–water partition coefficient (Wildman–Crippen LogP) is 3.51. The molecule has 2 unspecified atom stereocenters. The van der Waals surface area contributed by atoms with Gasteiger partial charge in [-0.05, 0) is 25.0 Å². The van der Waals surface area contributed by atoms with Crippen molar-refractivity contribution in [1.29, 1.82) is 0 Å². The highest BCUT2D eigenvalue weighted by Crippen LogP contribution is 2.24. The first-order valence-electron chi connectivity index (χ1n) is 7.04. The highest BCUT2D eigenvalue weighted by Gasteiger charge is 2.25. The fourth-order valence-corrected chi connectivity index (χ4v) is 3.13. The number of nitrogens with zero attached hydrogens (tertiary/aromatic N) is 1. The molecule has 3 nitrogen and oxygen atoms in total. The number of alkyl halides is 1. The van der Waals surface area contributed by atoms with E-state index < -0.39 is 0 Å². The summed E-state index contributed by atoms with van der Waals surface area (Å²) >= 11 is 6.31. The van der Waals surface area contributed by atoms with Crippen molar-refractivity contribution in [3.8, 4) is 0 Å². The average molecular weight is 289 g/mol. The van der Waals surface area contributed by atoms with Crippen LogP contribution in [0.5, 0.6) is 0 Å². The number of hydrogen-bond donors (Lipinski definition) is 1. The SMILES string of the molecule is O=C(NC1CCCCC1Cl)c1ccnc2ccccc12. The summed E-state index contributed by atoms with van der Waals surface area (Å²) in [6.45, 7) is 0. The molecule has 104 valence electrons. The Bertz CT molecular complexity index is 623. The first-order valence-corrected chi connectivity index (χ1v) is 7.48. The summed E-state index contributed by atoms with van der Waals surface area (Å²) in [6, 6.07) is 9.53. The molecule has 3 rings (SSSR count). The van der Waals surface area contributed by atoms with Crippen molar-refractivity contribution < 1.29 is 4.79 Å². The Morgan fingerprint density at radius 2 is 2.00 bits per heavy atom. The standard InChI is InChI=1S/C16H17ClN2O/c17-13-6-2-4-8-15(13)19-16(20)12-9-10-18-14-7-3-1-5-11(12)14/h1,3,5,7,9-10,13,15H,2,4,6,8H2,(H,19,20). The van der Waals surface area contributed by atoms with Crippen LogP contribution in [0.1, 0.15) is 36.0 Å². The van der Waals surface area contributed by atoms with Crippen molar-refractivity contribution in [1.82, 2.24) is 10.3 Å². The molecular weight excluding hydrogens is 272 g/mol. The van der Waals surface area contributed by atoms with Crippen LogP contribution in [0, 0.1) is 0 Å². The molecule has 1 aromatic carbocycles. The van der Waals surface area contributed by atoms with Gasteiger partial charge in [-0.15, -0.1) is 11.6 Å². The van der Waals surface area contributed by atoms with Crippen LogP contribution in [0.15, 0.2) is 36.5 Å². The molecule has 1 aromatic heterocycles. The second kappa shape index (κ2) is 5.80. The van der Waals surface area contributed by atoms with Gasteiger partial charge in [0.25, 0.3) is 5.91 Å². The third-order valence-corrected chi connectivity index (χ3v) is 4.41.